The average Bonchev–Trinajstić information content (AvgIpc) is 2.56. The summed E-state index contributed by atoms with van der Waals surface area (Å²) in [6.07, 6.45) is 6.08. The number of hydrogen-bond donors (Lipinski definition) is 1. The van der Waals surface area contributed by atoms with Gasteiger partial charge >= 0.3 is 0 Å². The van der Waals surface area contributed by atoms with Crippen LogP contribution in [0.1, 0.15) is 13.8 Å². The first kappa shape index (κ1) is 11.0. The van der Waals surface area contributed by atoms with Gasteiger partial charge in [-0.25, -0.2) is 0 Å². The standard InChI is InChI=1S/C13H18N2O/c1-8(2)13-11-6-5-10(9(3)16)7-12(11)15(4)14-13/h5-8,11-12,16H,3H2,1-2,4H3. The smallest absolute Gasteiger partial charge is 0.115 e. The van der Waals surface area contributed by atoms with Crippen LogP contribution in [0, 0.1) is 11.8 Å². The molecule has 2 rings (SSSR count). The van der Waals surface area contributed by atoms with E-state index in [1.165, 1.54) is 5.71 Å². The Morgan fingerprint density at radius 1 is 1.56 bits per heavy atom. The number of fused-ring (bicyclic) bond motifs is 1. The normalized spacial score (nSPS) is 27.9. The van der Waals surface area contributed by atoms with E-state index >= 15 is 0 Å². The molecule has 0 saturated carbocycles. The van der Waals surface area contributed by atoms with E-state index in [1.807, 2.05) is 24.2 Å². The predicted molar refractivity (Wildman–Crippen MR) is 66.3 cm³/mol. The molecule has 0 aromatic carbocycles. The molecule has 86 valence electrons. The first-order chi connectivity index (χ1) is 7.50. The Labute approximate surface area is 96.5 Å². The first-order valence-corrected chi connectivity index (χ1v) is 5.60. The molecular formula is C13H18N2O. The number of aliphatic hydroxyl groups excluding tert-OH is 1. The molecule has 1 N–H and O–H groups in total. The third-order valence-corrected chi connectivity index (χ3v) is 3.17. The molecule has 0 aromatic heterocycles. The number of allylic oxidation sites excluding steroid dienone is 1. The number of aliphatic hydroxyl groups is 1. The van der Waals surface area contributed by atoms with E-state index in [1.54, 1.807) is 0 Å². The summed E-state index contributed by atoms with van der Waals surface area (Å²) in [5, 5.41) is 15.9. The van der Waals surface area contributed by atoms with Gasteiger partial charge in [-0.3, -0.25) is 5.01 Å². The van der Waals surface area contributed by atoms with Gasteiger partial charge in [-0.15, -0.1) is 0 Å². The van der Waals surface area contributed by atoms with Crippen LogP contribution in [-0.4, -0.2) is 28.9 Å². The van der Waals surface area contributed by atoms with Crippen molar-refractivity contribution in [3.63, 3.8) is 0 Å². The second-order valence-corrected chi connectivity index (χ2v) is 4.70. The summed E-state index contributed by atoms with van der Waals surface area (Å²) in [5.74, 6) is 0.920. The van der Waals surface area contributed by atoms with Gasteiger partial charge in [0.2, 0.25) is 0 Å². The highest BCUT2D eigenvalue weighted by Gasteiger charge is 2.35. The summed E-state index contributed by atoms with van der Waals surface area (Å²) < 4.78 is 0. The Kier molecular flexibility index (Phi) is 2.62. The minimum atomic E-state index is 0.126. The maximum atomic E-state index is 9.39. The van der Waals surface area contributed by atoms with Crippen LogP contribution >= 0.6 is 0 Å². The van der Waals surface area contributed by atoms with E-state index in [0.29, 0.717) is 11.8 Å². The molecular weight excluding hydrogens is 200 g/mol. The summed E-state index contributed by atoms with van der Waals surface area (Å²) in [6.45, 7) is 7.87. The van der Waals surface area contributed by atoms with Crippen molar-refractivity contribution in [2.75, 3.05) is 7.05 Å². The van der Waals surface area contributed by atoms with E-state index in [2.05, 4.69) is 31.6 Å². The van der Waals surface area contributed by atoms with Crippen LogP contribution < -0.4 is 0 Å². The van der Waals surface area contributed by atoms with Gasteiger partial charge in [0.1, 0.15) is 5.76 Å². The SMILES string of the molecule is C=C(O)C1=CC2C(C=C1)C(C(C)C)=NN2C. The van der Waals surface area contributed by atoms with Gasteiger partial charge in [-0.05, 0) is 12.0 Å². The molecule has 2 atom stereocenters. The third-order valence-electron chi connectivity index (χ3n) is 3.17. The molecule has 0 aromatic rings. The maximum Gasteiger partial charge on any atom is 0.115 e. The van der Waals surface area contributed by atoms with Crippen LogP contribution in [-0.2, 0) is 0 Å². The lowest BCUT2D eigenvalue weighted by Crippen LogP contribution is -2.31. The molecule has 1 aliphatic heterocycles. The van der Waals surface area contributed by atoms with Gasteiger partial charge in [0.25, 0.3) is 0 Å². The van der Waals surface area contributed by atoms with Crippen LogP contribution in [0.4, 0.5) is 0 Å². The molecule has 16 heavy (non-hydrogen) atoms. The van der Waals surface area contributed by atoms with Crippen molar-refractivity contribution in [3.05, 3.63) is 36.1 Å². The van der Waals surface area contributed by atoms with E-state index in [9.17, 15) is 5.11 Å². The lowest BCUT2D eigenvalue weighted by molar-refractivity contribution is 0.304. The van der Waals surface area contributed by atoms with Gasteiger partial charge in [0.15, 0.2) is 0 Å². The van der Waals surface area contributed by atoms with Gasteiger partial charge in [0, 0.05) is 24.3 Å². The largest absolute Gasteiger partial charge is 0.508 e. The number of hydrogen-bond acceptors (Lipinski definition) is 3. The highest BCUT2D eigenvalue weighted by Crippen LogP contribution is 2.31. The fraction of sp³-hybridized carbons (Fsp3) is 0.462. The second kappa shape index (κ2) is 3.81. The summed E-state index contributed by atoms with van der Waals surface area (Å²) in [7, 11) is 1.97. The quantitative estimate of drug-likeness (QED) is 0.723. The lowest BCUT2D eigenvalue weighted by Gasteiger charge is -2.24. The van der Waals surface area contributed by atoms with Crippen molar-refractivity contribution in [1.82, 2.24) is 5.01 Å². The zero-order valence-electron chi connectivity index (χ0n) is 10.0. The molecule has 1 aliphatic carbocycles. The summed E-state index contributed by atoms with van der Waals surface area (Å²) in [5.41, 5.74) is 2.01. The molecule has 3 heteroatoms. The molecule has 0 bridgehead atoms. The Bertz CT molecular complexity index is 404. The van der Waals surface area contributed by atoms with Crippen LogP contribution in [0.15, 0.2) is 41.2 Å². The van der Waals surface area contributed by atoms with E-state index < -0.39 is 0 Å². The molecule has 0 saturated heterocycles. The number of rotatable bonds is 2. The summed E-state index contributed by atoms with van der Waals surface area (Å²) in [4.78, 5) is 0. The van der Waals surface area contributed by atoms with Crippen LogP contribution in [0.25, 0.3) is 0 Å². The molecule has 1 heterocycles. The first-order valence-electron chi connectivity index (χ1n) is 5.60. The van der Waals surface area contributed by atoms with Crippen molar-refractivity contribution in [1.29, 1.82) is 0 Å². The zero-order chi connectivity index (χ0) is 11.9. The molecule has 3 nitrogen and oxygen atoms in total. The van der Waals surface area contributed by atoms with E-state index in [-0.39, 0.29) is 11.8 Å². The Hall–Kier alpha value is -1.51. The van der Waals surface area contributed by atoms with Gasteiger partial charge in [0.05, 0.1) is 6.04 Å². The molecule has 0 amide bonds. The maximum absolute atomic E-state index is 9.39. The fourth-order valence-electron chi connectivity index (χ4n) is 2.29. The Morgan fingerprint density at radius 2 is 2.25 bits per heavy atom. The van der Waals surface area contributed by atoms with Gasteiger partial charge in [-0.1, -0.05) is 32.6 Å². The number of likely N-dealkylation sites (N-methyl/N-ethyl adjacent to an activating group) is 1. The van der Waals surface area contributed by atoms with Crippen LogP contribution in [0.3, 0.4) is 0 Å². The minimum absolute atomic E-state index is 0.126. The van der Waals surface area contributed by atoms with E-state index in [4.69, 9.17) is 0 Å². The highest BCUT2D eigenvalue weighted by atomic mass is 16.3. The van der Waals surface area contributed by atoms with Crippen molar-refractivity contribution < 1.29 is 5.11 Å². The van der Waals surface area contributed by atoms with Crippen molar-refractivity contribution in [2.45, 2.75) is 19.9 Å². The molecule has 2 aliphatic rings. The van der Waals surface area contributed by atoms with Crippen LogP contribution in [0.5, 0.6) is 0 Å². The summed E-state index contributed by atoms with van der Waals surface area (Å²) >= 11 is 0. The number of nitrogens with zero attached hydrogens (tertiary/aromatic N) is 2. The highest BCUT2D eigenvalue weighted by molar-refractivity contribution is 5.92. The lowest BCUT2D eigenvalue weighted by atomic mass is 9.84. The summed E-state index contributed by atoms with van der Waals surface area (Å²) in [6, 6.07) is 0.223. The molecule has 0 spiro atoms. The zero-order valence-corrected chi connectivity index (χ0v) is 10.0. The average molecular weight is 218 g/mol. The monoisotopic (exact) mass is 218 g/mol. The Balaban J connectivity index is 2.29. The van der Waals surface area contributed by atoms with Gasteiger partial charge in [-0.2, -0.15) is 5.10 Å². The van der Waals surface area contributed by atoms with Crippen LogP contribution in [0.2, 0.25) is 0 Å². The van der Waals surface area contributed by atoms with Crippen molar-refractivity contribution >= 4 is 5.71 Å². The topological polar surface area (TPSA) is 35.8 Å². The van der Waals surface area contributed by atoms with E-state index in [0.717, 1.165) is 5.57 Å². The molecule has 0 fully saturated rings. The molecule has 0 radical (unpaired) electrons. The fourth-order valence-corrected chi connectivity index (χ4v) is 2.29. The second-order valence-electron chi connectivity index (χ2n) is 4.70. The van der Waals surface area contributed by atoms with Crippen molar-refractivity contribution in [3.8, 4) is 0 Å². The third kappa shape index (κ3) is 1.66. The Morgan fingerprint density at radius 3 is 2.81 bits per heavy atom. The molecule has 2 unspecified atom stereocenters. The predicted octanol–water partition coefficient (Wildman–Crippen LogP) is 2.50. The van der Waals surface area contributed by atoms with Crippen molar-refractivity contribution in [2.24, 2.45) is 16.9 Å². The van der Waals surface area contributed by atoms with Gasteiger partial charge < -0.3 is 5.11 Å². The minimum Gasteiger partial charge on any atom is -0.508 e. The number of hydrazone groups is 1.